The van der Waals surface area contributed by atoms with Gasteiger partial charge in [-0.1, -0.05) is 50.2 Å². The monoisotopic (exact) mass is 498 g/mol. The lowest BCUT2D eigenvalue weighted by Crippen LogP contribution is -2.47. The van der Waals surface area contributed by atoms with Crippen LogP contribution in [0.1, 0.15) is 47.9 Å². The molecule has 2 N–H and O–H groups in total. The third-order valence-corrected chi connectivity index (χ3v) is 6.30. The van der Waals surface area contributed by atoms with E-state index in [1.165, 1.54) is 10.5 Å². The molecule has 1 unspecified atom stereocenters. The molecule has 8 heteroatoms. The van der Waals surface area contributed by atoms with Gasteiger partial charge >= 0.3 is 5.97 Å². The first-order chi connectivity index (χ1) is 17.8. The highest BCUT2D eigenvalue weighted by Gasteiger charge is 2.34. The Hall–Kier alpha value is -4.33. The van der Waals surface area contributed by atoms with Crippen molar-refractivity contribution in [1.29, 1.82) is 5.41 Å². The van der Waals surface area contributed by atoms with Crippen molar-refractivity contribution < 1.29 is 19.4 Å². The molecule has 0 bridgehead atoms. The third-order valence-electron chi connectivity index (χ3n) is 6.30. The first-order valence-corrected chi connectivity index (χ1v) is 12.2. The smallest absolute Gasteiger partial charge is 0.323 e. The number of carbonyl (C=O) groups excluding carboxylic acids is 1. The summed E-state index contributed by atoms with van der Waals surface area (Å²) in [5.74, 6) is -1.18. The molecule has 0 spiro atoms. The van der Waals surface area contributed by atoms with Gasteiger partial charge in [0.2, 0.25) is 0 Å². The molecule has 190 valence electrons. The van der Waals surface area contributed by atoms with E-state index in [0.717, 1.165) is 5.56 Å². The van der Waals surface area contributed by atoms with Crippen LogP contribution in [0.2, 0.25) is 0 Å². The summed E-state index contributed by atoms with van der Waals surface area (Å²) in [7, 11) is 0. The fraction of sp³-hybridized carbons (Fsp3) is 0.276. The lowest BCUT2D eigenvalue weighted by Gasteiger charge is -2.29. The molecule has 0 fully saturated rings. The van der Waals surface area contributed by atoms with E-state index < -0.39 is 24.3 Å². The summed E-state index contributed by atoms with van der Waals surface area (Å²) >= 11 is 0. The van der Waals surface area contributed by atoms with E-state index in [4.69, 9.17) is 10.1 Å². The van der Waals surface area contributed by atoms with Crippen molar-refractivity contribution >= 4 is 23.3 Å². The van der Waals surface area contributed by atoms with E-state index in [9.17, 15) is 14.7 Å². The molecule has 1 aromatic heterocycles. The van der Waals surface area contributed by atoms with Crippen molar-refractivity contribution in [3.8, 4) is 5.75 Å². The maximum absolute atomic E-state index is 13.2. The Balaban J connectivity index is 1.57. The van der Waals surface area contributed by atoms with Crippen LogP contribution in [0.15, 0.2) is 78.0 Å². The summed E-state index contributed by atoms with van der Waals surface area (Å²) in [4.78, 5) is 34.2. The number of aliphatic carboxylic acids is 1. The summed E-state index contributed by atoms with van der Waals surface area (Å²) < 4.78 is 5.97. The van der Waals surface area contributed by atoms with Gasteiger partial charge in [0.1, 0.15) is 24.6 Å². The average molecular weight is 499 g/mol. The molecule has 0 saturated carbocycles. The minimum absolute atomic E-state index is 0.160. The fourth-order valence-corrected chi connectivity index (χ4v) is 4.23. The number of aliphatic imine (C=N–C) groups is 1. The molecule has 2 heterocycles. The average Bonchev–Trinajstić information content (AvgIpc) is 2.91. The van der Waals surface area contributed by atoms with Crippen LogP contribution in [0.4, 0.5) is 0 Å². The van der Waals surface area contributed by atoms with Gasteiger partial charge in [-0.3, -0.25) is 19.6 Å². The van der Waals surface area contributed by atoms with Gasteiger partial charge in [0, 0.05) is 18.9 Å². The Bertz CT molecular complexity index is 1290. The Morgan fingerprint density at radius 2 is 1.68 bits per heavy atom. The highest BCUT2D eigenvalue weighted by Crippen LogP contribution is 2.27. The molecular formula is C29H30N4O4. The Morgan fingerprint density at radius 3 is 2.30 bits per heavy atom. The number of carboxylic acid groups (broad SMARTS) is 1. The van der Waals surface area contributed by atoms with Gasteiger partial charge in [-0.25, -0.2) is 0 Å². The second-order valence-corrected chi connectivity index (χ2v) is 9.22. The highest BCUT2D eigenvalue weighted by atomic mass is 16.5. The number of amides is 1. The molecular weight excluding hydrogens is 468 g/mol. The van der Waals surface area contributed by atoms with Crippen molar-refractivity contribution in [2.75, 3.05) is 19.6 Å². The molecule has 3 aromatic rings. The van der Waals surface area contributed by atoms with Gasteiger partial charge in [-0.2, -0.15) is 0 Å². The van der Waals surface area contributed by atoms with Crippen LogP contribution in [0.3, 0.4) is 0 Å². The van der Waals surface area contributed by atoms with E-state index in [1.54, 1.807) is 24.5 Å². The predicted molar refractivity (Wildman–Crippen MR) is 142 cm³/mol. The number of nitrogens with one attached hydrogen (secondary N) is 1. The molecule has 4 rings (SSSR count). The van der Waals surface area contributed by atoms with Crippen molar-refractivity contribution in [3.63, 3.8) is 0 Å². The standard InChI is InChI=1S/C29H30N4O4/c1-19(2)21-5-3-20(4-6-21)18-37-24-9-7-22(8-10-24)26(27(30)23-11-13-31-14-12-23)28-29(36)33(16-15-32-28)17-25(34)35/h3-14,19,26,30H,15-18H2,1-2H3,(H,34,35). The normalized spacial score (nSPS) is 14.3. The summed E-state index contributed by atoms with van der Waals surface area (Å²) in [6, 6.07) is 19.0. The van der Waals surface area contributed by atoms with Crippen LogP contribution in [-0.2, 0) is 16.2 Å². The number of nitrogens with zero attached hydrogens (tertiary/aromatic N) is 3. The Morgan fingerprint density at radius 1 is 1.03 bits per heavy atom. The summed E-state index contributed by atoms with van der Waals surface area (Å²) in [6.07, 6.45) is 3.18. The lowest BCUT2D eigenvalue weighted by atomic mass is 9.85. The quantitative estimate of drug-likeness (QED) is 0.404. The van der Waals surface area contributed by atoms with Gasteiger partial charge in [-0.15, -0.1) is 0 Å². The fourth-order valence-electron chi connectivity index (χ4n) is 4.23. The molecule has 1 aliphatic rings. The van der Waals surface area contributed by atoms with Gasteiger partial charge in [-0.05, 0) is 52.4 Å². The second-order valence-electron chi connectivity index (χ2n) is 9.22. The van der Waals surface area contributed by atoms with Crippen molar-refractivity contribution in [2.45, 2.75) is 32.3 Å². The molecule has 1 aliphatic heterocycles. The topological polar surface area (TPSA) is 116 Å². The van der Waals surface area contributed by atoms with Gasteiger partial charge in [0.05, 0.1) is 18.2 Å². The Kier molecular flexibility index (Phi) is 8.08. The first kappa shape index (κ1) is 25.8. The van der Waals surface area contributed by atoms with Crippen LogP contribution >= 0.6 is 0 Å². The maximum atomic E-state index is 13.2. The number of carboxylic acids is 1. The number of carbonyl (C=O) groups is 2. The molecule has 2 aromatic carbocycles. The third kappa shape index (κ3) is 6.27. The van der Waals surface area contributed by atoms with Crippen LogP contribution in [0.25, 0.3) is 0 Å². The van der Waals surface area contributed by atoms with Gasteiger partial charge in [0.15, 0.2) is 0 Å². The zero-order chi connectivity index (χ0) is 26.4. The maximum Gasteiger partial charge on any atom is 0.323 e. The SMILES string of the molecule is CC(C)c1ccc(COc2ccc(C(C(=N)c3ccncc3)C3=NCCN(CC(=O)O)C3=O)cc2)cc1. The molecule has 0 saturated heterocycles. The van der Waals surface area contributed by atoms with Crippen molar-refractivity contribution in [1.82, 2.24) is 9.88 Å². The van der Waals surface area contributed by atoms with E-state index in [0.29, 0.717) is 29.4 Å². The van der Waals surface area contributed by atoms with Crippen LogP contribution in [0.5, 0.6) is 5.75 Å². The minimum atomic E-state index is -1.09. The molecule has 37 heavy (non-hydrogen) atoms. The Labute approximate surface area is 216 Å². The van der Waals surface area contributed by atoms with Crippen molar-refractivity contribution in [3.05, 3.63) is 95.3 Å². The van der Waals surface area contributed by atoms with Gasteiger partial charge in [0.25, 0.3) is 5.91 Å². The number of aromatic nitrogens is 1. The number of pyridine rings is 1. The summed E-state index contributed by atoms with van der Waals surface area (Å²) in [5, 5.41) is 18.1. The number of rotatable bonds is 10. The molecule has 8 nitrogen and oxygen atoms in total. The zero-order valence-corrected chi connectivity index (χ0v) is 20.9. The second kappa shape index (κ2) is 11.6. The molecule has 1 atom stereocenters. The summed E-state index contributed by atoms with van der Waals surface area (Å²) in [5.41, 5.74) is 3.99. The van der Waals surface area contributed by atoms with E-state index >= 15 is 0 Å². The van der Waals surface area contributed by atoms with Crippen molar-refractivity contribution in [2.24, 2.45) is 4.99 Å². The van der Waals surface area contributed by atoms with Crippen LogP contribution in [0, 0.1) is 5.41 Å². The van der Waals surface area contributed by atoms with Crippen LogP contribution < -0.4 is 4.74 Å². The zero-order valence-electron chi connectivity index (χ0n) is 20.9. The molecule has 0 aliphatic carbocycles. The largest absolute Gasteiger partial charge is 0.489 e. The van der Waals surface area contributed by atoms with E-state index in [1.807, 2.05) is 24.3 Å². The molecule has 1 amide bonds. The number of hydrogen-bond donors (Lipinski definition) is 2. The lowest BCUT2D eigenvalue weighted by molar-refractivity contribution is -0.142. The van der Waals surface area contributed by atoms with E-state index in [-0.39, 0.29) is 24.5 Å². The first-order valence-electron chi connectivity index (χ1n) is 12.2. The van der Waals surface area contributed by atoms with E-state index in [2.05, 4.69) is 48.1 Å². The predicted octanol–water partition coefficient (Wildman–Crippen LogP) is 4.30. The number of ether oxygens (including phenoxy) is 1. The van der Waals surface area contributed by atoms with Gasteiger partial charge < -0.3 is 20.2 Å². The number of benzene rings is 2. The number of hydrogen-bond acceptors (Lipinski definition) is 6. The minimum Gasteiger partial charge on any atom is -0.489 e. The van der Waals surface area contributed by atoms with Crippen LogP contribution in [-0.4, -0.2) is 57.9 Å². The summed E-state index contributed by atoms with van der Waals surface area (Å²) in [6.45, 7) is 4.84. The highest BCUT2D eigenvalue weighted by molar-refractivity contribution is 6.46. The molecule has 0 radical (unpaired) electrons.